The van der Waals surface area contributed by atoms with Crippen LogP contribution >= 0.6 is 0 Å². The maximum absolute atomic E-state index is 13.3. The smallest absolute Gasteiger partial charge is 0.163 e. The van der Waals surface area contributed by atoms with Crippen LogP contribution in [0.1, 0.15) is 64.8 Å². The Labute approximate surface area is 205 Å². The number of carbonyl (C=O) groups excluding carboxylic acids is 1. The van der Waals surface area contributed by atoms with Crippen molar-refractivity contribution in [3.05, 3.63) is 94.9 Å². The topological polar surface area (TPSA) is 60.1 Å². The van der Waals surface area contributed by atoms with Crippen LogP contribution in [0.4, 0.5) is 0 Å². The molecule has 0 saturated heterocycles. The molecular weight excluding hydrogens is 432 g/mol. The van der Waals surface area contributed by atoms with Gasteiger partial charge in [-0.1, -0.05) is 36.8 Å². The molecule has 1 saturated carbocycles. The van der Waals surface area contributed by atoms with Gasteiger partial charge in [-0.15, -0.1) is 0 Å². The van der Waals surface area contributed by atoms with Crippen LogP contribution in [0.15, 0.2) is 72.0 Å². The van der Waals surface area contributed by atoms with Gasteiger partial charge in [0.25, 0.3) is 0 Å². The molecule has 5 nitrogen and oxygen atoms in total. The van der Waals surface area contributed by atoms with E-state index in [0.29, 0.717) is 24.8 Å². The SMILES string of the molecule is Cc1cc(C2=NCc3ccc(C(=O)CC4CCCC(Cn5cc6ccccc6n5)C4)cc32)ccn1. The Kier molecular flexibility index (Phi) is 5.77. The maximum atomic E-state index is 13.3. The van der Waals surface area contributed by atoms with Gasteiger partial charge in [0.1, 0.15) is 0 Å². The molecule has 35 heavy (non-hydrogen) atoms. The molecule has 2 unspecified atom stereocenters. The van der Waals surface area contributed by atoms with Gasteiger partial charge in [0, 0.05) is 53.1 Å². The summed E-state index contributed by atoms with van der Waals surface area (Å²) in [5.74, 6) is 1.26. The van der Waals surface area contributed by atoms with Crippen molar-refractivity contribution in [1.29, 1.82) is 0 Å². The number of aliphatic imine (C=N–C) groups is 1. The van der Waals surface area contributed by atoms with Crippen LogP contribution < -0.4 is 0 Å². The van der Waals surface area contributed by atoms with Crippen LogP contribution in [0, 0.1) is 18.8 Å². The van der Waals surface area contributed by atoms with E-state index in [4.69, 9.17) is 10.1 Å². The lowest BCUT2D eigenvalue weighted by atomic mass is 9.78. The molecule has 0 N–H and O–H groups in total. The van der Waals surface area contributed by atoms with Gasteiger partial charge in [-0.05, 0) is 67.9 Å². The van der Waals surface area contributed by atoms with E-state index in [1.807, 2.05) is 31.3 Å². The summed E-state index contributed by atoms with van der Waals surface area (Å²) in [7, 11) is 0. The van der Waals surface area contributed by atoms with Gasteiger partial charge in [0.2, 0.25) is 0 Å². The van der Waals surface area contributed by atoms with Crippen LogP contribution in [0.25, 0.3) is 10.9 Å². The minimum atomic E-state index is 0.250. The largest absolute Gasteiger partial charge is 0.294 e. The Morgan fingerprint density at radius 2 is 1.94 bits per heavy atom. The van der Waals surface area contributed by atoms with Crippen molar-refractivity contribution in [3.63, 3.8) is 0 Å². The second-order valence-electron chi connectivity index (χ2n) is 10.2. The molecule has 2 aliphatic rings. The number of carbonyl (C=O) groups is 1. The second kappa shape index (κ2) is 9.21. The van der Waals surface area contributed by atoms with Gasteiger partial charge in [0.05, 0.1) is 17.8 Å². The van der Waals surface area contributed by atoms with Crippen LogP contribution in [0.2, 0.25) is 0 Å². The molecular formula is C30H30N4O. The highest BCUT2D eigenvalue weighted by molar-refractivity contribution is 6.16. The zero-order valence-corrected chi connectivity index (χ0v) is 20.2. The van der Waals surface area contributed by atoms with Crippen LogP contribution in [-0.2, 0) is 13.1 Å². The molecule has 1 fully saturated rings. The number of fused-ring (bicyclic) bond motifs is 2. The summed E-state index contributed by atoms with van der Waals surface area (Å²) in [6, 6.07) is 18.5. The average molecular weight is 463 g/mol. The lowest BCUT2D eigenvalue weighted by molar-refractivity contribution is 0.0936. The third kappa shape index (κ3) is 4.55. The van der Waals surface area contributed by atoms with Gasteiger partial charge in [-0.25, -0.2) is 0 Å². The predicted octanol–water partition coefficient (Wildman–Crippen LogP) is 6.17. The van der Waals surface area contributed by atoms with Crippen molar-refractivity contribution >= 4 is 22.4 Å². The number of aromatic nitrogens is 3. The van der Waals surface area contributed by atoms with E-state index < -0.39 is 0 Å². The Morgan fingerprint density at radius 1 is 1.06 bits per heavy atom. The third-order valence-corrected chi connectivity index (χ3v) is 7.54. The van der Waals surface area contributed by atoms with E-state index in [1.54, 1.807) is 0 Å². The average Bonchev–Trinajstić information content (AvgIpc) is 3.47. The van der Waals surface area contributed by atoms with E-state index in [9.17, 15) is 4.79 Å². The fourth-order valence-corrected chi connectivity index (χ4v) is 5.80. The summed E-state index contributed by atoms with van der Waals surface area (Å²) >= 11 is 0. The van der Waals surface area contributed by atoms with Gasteiger partial charge >= 0.3 is 0 Å². The molecule has 6 rings (SSSR count). The molecule has 2 aromatic heterocycles. The fourth-order valence-electron chi connectivity index (χ4n) is 5.80. The molecule has 4 aromatic rings. The van der Waals surface area contributed by atoms with Crippen molar-refractivity contribution in [3.8, 4) is 0 Å². The lowest BCUT2D eigenvalue weighted by Crippen LogP contribution is -2.22. The molecule has 2 aromatic carbocycles. The number of rotatable bonds is 6. The summed E-state index contributed by atoms with van der Waals surface area (Å²) < 4.78 is 2.10. The number of pyridine rings is 1. The Morgan fingerprint density at radius 3 is 2.83 bits per heavy atom. The van der Waals surface area contributed by atoms with E-state index in [0.717, 1.165) is 53.0 Å². The van der Waals surface area contributed by atoms with Crippen LogP contribution in [-0.4, -0.2) is 26.3 Å². The first-order valence-corrected chi connectivity index (χ1v) is 12.7. The molecule has 2 atom stereocenters. The first kappa shape index (κ1) is 21.9. The summed E-state index contributed by atoms with van der Waals surface area (Å²) in [6.07, 6.45) is 9.23. The Bertz CT molecular complexity index is 1400. The maximum Gasteiger partial charge on any atom is 0.163 e. The number of hydrogen-bond donors (Lipinski definition) is 0. The van der Waals surface area contributed by atoms with Gasteiger partial charge in [-0.3, -0.25) is 19.5 Å². The molecule has 3 heterocycles. The highest BCUT2D eigenvalue weighted by Crippen LogP contribution is 2.34. The van der Waals surface area contributed by atoms with E-state index in [1.165, 1.54) is 23.8 Å². The van der Waals surface area contributed by atoms with Crippen molar-refractivity contribution in [2.75, 3.05) is 0 Å². The zero-order chi connectivity index (χ0) is 23.8. The van der Waals surface area contributed by atoms with Crippen molar-refractivity contribution in [1.82, 2.24) is 14.8 Å². The van der Waals surface area contributed by atoms with Gasteiger partial charge in [-0.2, -0.15) is 5.10 Å². The quantitative estimate of drug-likeness (QED) is 0.322. The summed E-state index contributed by atoms with van der Waals surface area (Å²) in [6.45, 7) is 3.60. The molecule has 0 radical (unpaired) electrons. The van der Waals surface area contributed by atoms with E-state index in [2.05, 4.69) is 52.3 Å². The van der Waals surface area contributed by atoms with Crippen LogP contribution in [0.5, 0.6) is 0 Å². The monoisotopic (exact) mass is 462 g/mol. The van der Waals surface area contributed by atoms with Gasteiger partial charge < -0.3 is 0 Å². The van der Waals surface area contributed by atoms with Crippen molar-refractivity contribution in [2.45, 2.75) is 52.1 Å². The normalized spacial score (nSPS) is 19.5. The number of hydrogen-bond acceptors (Lipinski definition) is 4. The Hall–Kier alpha value is -3.60. The van der Waals surface area contributed by atoms with E-state index in [-0.39, 0.29) is 5.78 Å². The predicted molar refractivity (Wildman–Crippen MR) is 139 cm³/mol. The first-order valence-electron chi connectivity index (χ1n) is 12.7. The standard InChI is InChI=1S/C30H30N4O/c1-20-13-24(11-12-31-20)30-27-16-23(9-10-25(27)17-32-30)29(35)15-21-5-4-6-22(14-21)18-34-19-26-7-2-3-8-28(26)33-34/h2-3,7-13,16,19,21-22H,4-6,14-15,17-18H2,1H3. The second-order valence-corrected chi connectivity index (χ2v) is 10.2. The molecule has 0 bridgehead atoms. The summed E-state index contributed by atoms with van der Waals surface area (Å²) in [5.41, 5.74) is 7.16. The molecule has 1 aliphatic carbocycles. The number of benzene rings is 2. The minimum absolute atomic E-state index is 0.250. The number of aryl methyl sites for hydroxylation is 1. The molecule has 0 spiro atoms. The highest BCUT2D eigenvalue weighted by atomic mass is 16.1. The summed E-state index contributed by atoms with van der Waals surface area (Å²) in [5, 5.41) is 5.94. The Balaban J connectivity index is 1.13. The molecule has 0 amide bonds. The highest BCUT2D eigenvalue weighted by Gasteiger charge is 2.26. The fraction of sp³-hybridized carbons (Fsp3) is 0.333. The molecule has 176 valence electrons. The van der Waals surface area contributed by atoms with Crippen molar-refractivity contribution in [2.24, 2.45) is 16.8 Å². The lowest BCUT2D eigenvalue weighted by Gasteiger charge is -2.28. The molecule has 1 aliphatic heterocycles. The van der Waals surface area contributed by atoms with Gasteiger partial charge in [0.15, 0.2) is 5.78 Å². The van der Waals surface area contributed by atoms with Crippen LogP contribution in [0.3, 0.4) is 0 Å². The first-order chi connectivity index (χ1) is 17.1. The van der Waals surface area contributed by atoms with Crippen molar-refractivity contribution < 1.29 is 4.79 Å². The molecule has 5 heteroatoms. The zero-order valence-electron chi connectivity index (χ0n) is 20.2. The summed E-state index contributed by atoms with van der Waals surface area (Å²) in [4.78, 5) is 22.4. The third-order valence-electron chi connectivity index (χ3n) is 7.54. The minimum Gasteiger partial charge on any atom is -0.294 e. The number of Topliss-reactive ketones (excluding diaryl/α,β-unsaturated/α-hetero) is 1. The number of nitrogens with zero attached hydrogens (tertiary/aromatic N) is 4. The van der Waals surface area contributed by atoms with E-state index >= 15 is 0 Å². The number of ketones is 1.